The topological polar surface area (TPSA) is 118 Å². The van der Waals surface area contributed by atoms with E-state index in [0.29, 0.717) is 5.69 Å². The van der Waals surface area contributed by atoms with Crippen molar-refractivity contribution in [1.82, 2.24) is 0 Å². The smallest absolute Gasteiger partial charge is 0.340 e. The molecule has 0 saturated carbocycles. The number of phenols is 2. The number of rotatable bonds is 5. The molecule has 0 aliphatic rings. The monoisotopic (exact) mass is 301 g/mol. The van der Waals surface area contributed by atoms with Crippen LogP contribution in [-0.4, -0.2) is 29.3 Å². The second kappa shape index (κ2) is 7.19. The number of ether oxygens (including phenoxy) is 1. The Labute approximate surface area is 126 Å². The van der Waals surface area contributed by atoms with E-state index in [1.165, 1.54) is 12.1 Å². The van der Waals surface area contributed by atoms with Gasteiger partial charge in [0.15, 0.2) is 0 Å². The maximum absolute atomic E-state index is 11.9. The summed E-state index contributed by atoms with van der Waals surface area (Å²) in [6.07, 6.45) is 0. The predicted molar refractivity (Wildman–Crippen MR) is 79.7 cm³/mol. The molecule has 0 spiro atoms. The minimum absolute atomic E-state index is 0.0813. The first-order chi connectivity index (χ1) is 10.6. The molecule has 2 rings (SSSR count). The lowest BCUT2D eigenvalue weighted by Crippen LogP contribution is -2.13. The Morgan fingerprint density at radius 3 is 2.55 bits per heavy atom. The Kier molecular flexibility index (Phi) is 5.05. The van der Waals surface area contributed by atoms with E-state index in [1.54, 1.807) is 24.3 Å². The van der Waals surface area contributed by atoms with Gasteiger partial charge in [0.05, 0.1) is 5.56 Å². The fourth-order valence-electron chi connectivity index (χ4n) is 1.67. The van der Waals surface area contributed by atoms with Crippen LogP contribution >= 0.6 is 0 Å². The Morgan fingerprint density at radius 2 is 1.82 bits per heavy atom. The van der Waals surface area contributed by atoms with E-state index in [1.807, 2.05) is 0 Å². The van der Waals surface area contributed by atoms with Gasteiger partial charge in [-0.05, 0) is 24.3 Å². The van der Waals surface area contributed by atoms with Crippen molar-refractivity contribution in [3.63, 3.8) is 0 Å². The first kappa shape index (κ1) is 15.5. The summed E-state index contributed by atoms with van der Waals surface area (Å²) < 4.78 is 4.96. The van der Waals surface area contributed by atoms with E-state index < -0.39 is 5.97 Å². The molecule has 22 heavy (non-hydrogen) atoms. The van der Waals surface area contributed by atoms with Crippen LogP contribution in [0.5, 0.6) is 11.5 Å². The maximum atomic E-state index is 11.9. The van der Waals surface area contributed by atoms with Gasteiger partial charge in [-0.1, -0.05) is 12.1 Å². The molecule has 4 N–H and O–H groups in total. The van der Waals surface area contributed by atoms with Crippen molar-refractivity contribution in [2.75, 3.05) is 13.2 Å². The summed E-state index contributed by atoms with van der Waals surface area (Å²) in [5.74, 6) is -0.843. The molecule has 0 atom stereocenters. The van der Waals surface area contributed by atoms with E-state index >= 15 is 0 Å². The van der Waals surface area contributed by atoms with Gasteiger partial charge >= 0.3 is 5.97 Å². The van der Waals surface area contributed by atoms with E-state index in [0.717, 1.165) is 6.07 Å². The Hall–Kier alpha value is -2.93. The van der Waals surface area contributed by atoms with Gasteiger partial charge in [-0.3, -0.25) is 0 Å². The number of nitrogens with two attached hydrogens (primary N) is 1. The molecule has 0 aliphatic carbocycles. The van der Waals surface area contributed by atoms with Crippen LogP contribution in [0, 0.1) is 0 Å². The molecular weight excluding hydrogens is 286 g/mol. The minimum Gasteiger partial charge on any atom is -0.508 e. The molecule has 0 amide bonds. The van der Waals surface area contributed by atoms with Crippen LogP contribution in [0.4, 0.5) is 11.4 Å². The zero-order valence-electron chi connectivity index (χ0n) is 11.6. The van der Waals surface area contributed by atoms with Gasteiger partial charge in [-0.2, -0.15) is 0 Å². The predicted octanol–water partition coefficient (Wildman–Crippen LogP) is 2.63. The van der Waals surface area contributed by atoms with E-state index in [-0.39, 0.29) is 35.9 Å². The van der Waals surface area contributed by atoms with Gasteiger partial charge in [-0.25, -0.2) is 4.79 Å². The fraction of sp³-hybridized carbons (Fsp3) is 0.133. The average Bonchev–Trinajstić information content (AvgIpc) is 2.52. The van der Waals surface area contributed by atoms with E-state index in [9.17, 15) is 15.0 Å². The zero-order chi connectivity index (χ0) is 15.9. The van der Waals surface area contributed by atoms with E-state index in [2.05, 4.69) is 10.2 Å². The summed E-state index contributed by atoms with van der Waals surface area (Å²) in [5.41, 5.74) is 6.01. The molecule has 0 fully saturated rings. The van der Waals surface area contributed by atoms with Crippen molar-refractivity contribution in [3.8, 4) is 11.5 Å². The number of azo groups is 1. The summed E-state index contributed by atoms with van der Waals surface area (Å²) in [6, 6.07) is 10.5. The highest BCUT2D eigenvalue weighted by atomic mass is 16.5. The normalized spacial score (nSPS) is 10.8. The number of benzene rings is 2. The van der Waals surface area contributed by atoms with Crippen molar-refractivity contribution in [2.45, 2.75) is 0 Å². The van der Waals surface area contributed by atoms with Crippen LogP contribution in [0.1, 0.15) is 10.4 Å². The SMILES string of the molecule is NCCOC(=O)c1ccccc1/N=N/c1ccc(O)cc1O. The number of hydrogen-bond donors (Lipinski definition) is 3. The lowest BCUT2D eigenvalue weighted by Gasteiger charge is -2.05. The van der Waals surface area contributed by atoms with Crippen LogP contribution in [0.15, 0.2) is 52.7 Å². The third-order valence-corrected chi connectivity index (χ3v) is 2.70. The van der Waals surface area contributed by atoms with Gasteiger partial charge in [0, 0.05) is 12.6 Å². The summed E-state index contributed by atoms with van der Waals surface area (Å²) in [5, 5.41) is 26.7. The molecule has 0 heterocycles. The third-order valence-electron chi connectivity index (χ3n) is 2.70. The minimum atomic E-state index is -0.546. The quantitative estimate of drug-likeness (QED) is 0.579. The molecule has 0 aromatic heterocycles. The van der Waals surface area contributed by atoms with Crippen LogP contribution in [-0.2, 0) is 4.74 Å². The number of nitrogens with zero attached hydrogens (tertiary/aromatic N) is 2. The van der Waals surface area contributed by atoms with Gasteiger partial charge in [-0.15, -0.1) is 10.2 Å². The Balaban J connectivity index is 2.25. The Morgan fingerprint density at radius 1 is 1.09 bits per heavy atom. The van der Waals surface area contributed by atoms with Gasteiger partial charge in [0.1, 0.15) is 29.5 Å². The van der Waals surface area contributed by atoms with Crippen LogP contribution in [0.3, 0.4) is 0 Å². The van der Waals surface area contributed by atoms with Crippen LogP contribution in [0.25, 0.3) is 0 Å². The van der Waals surface area contributed by atoms with Crippen molar-refractivity contribution in [1.29, 1.82) is 0 Å². The highest BCUT2D eigenvalue weighted by molar-refractivity contribution is 5.94. The standard InChI is InChI=1S/C15H15N3O4/c16-7-8-22-15(21)11-3-1-2-4-12(11)17-18-13-6-5-10(19)9-14(13)20/h1-6,9,19-20H,7-8,16H2/b18-17+. The average molecular weight is 301 g/mol. The van der Waals surface area contributed by atoms with Gasteiger partial charge in [0.2, 0.25) is 0 Å². The number of aromatic hydroxyl groups is 2. The molecule has 7 heteroatoms. The molecule has 0 aliphatic heterocycles. The summed E-state index contributed by atoms with van der Waals surface area (Å²) in [7, 11) is 0. The first-order valence-corrected chi connectivity index (χ1v) is 6.51. The van der Waals surface area contributed by atoms with Gasteiger partial charge in [0.25, 0.3) is 0 Å². The first-order valence-electron chi connectivity index (χ1n) is 6.51. The second-order valence-electron chi connectivity index (χ2n) is 4.31. The Bertz CT molecular complexity index is 701. The summed E-state index contributed by atoms with van der Waals surface area (Å²) in [4.78, 5) is 11.9. The number of carbonyl (C=O) groups is 1. The molecule has 0 bridgehead atoms. The van der Waals surface area contributed by atoms with Crippen LogP contribution in [0.2, 0.25) is 0 Å². The van der Waals surface area contributed by atoms with Crippen molar-refractivity contribution < 1.29 is 19.7 Å². The highest BCUT2D eigenvalue weighted by Crippen LogP contribution is 2.31. The number of esters is 1. The lowest BCUT2D eigenvalue weighted by molar-refractivity contribution is 0.0517. The summed E-state index contributed by atoms with van der Waals surface area (Å²) >= 11 is 0. The van der Waals surface area contributed by atoms with Crippen molar-refractivity contribution in [3.05, 3.63) is 48.0 Å². The molecule has 0 radical (unpaired) electrons. The lowest BCUT2D eigenvalue weighted by atomic mass is 10.2. The maximum Gasteiger partial charge on any atom is 0.340 e. The molecule has 2 aromatic rings. The number of hydrogen-bond acceptors (Lipinski definition) is 7. The number of phenolic OH excluding ortho intramolecular Hbond substituents is 2. The zero-order valence-corrected chi connectivity index (χ0v) is 11.6. The highest BCUT2D eigenvalue weighted by Gasteiger charge is 2.12. The van der Waals surface area contributed by atoms with E-state index in [4.69, 9.17) is 10.5 Å². The molecule has 2 aromatic carbocycles. The number of carbonyl (C=O) groups excluding carboxylic acids is 1. The van der Waals surface area contributed by atoms with Gasteiger partial charge < -0.3 is 20.7 Å². The summed E-state index contributed by atoms with van der Waals surface area (Å²) in [6.45, 7) is 0.347. The molecule has 7 nitrogen and oxygen atoms in total. The molecule has 0 saturated heterocycles. The van der Waals surface area contributed by atoms with Crippen molar-refractivity contribution >= 4 is 17.3 Å². The molecular formula is C15H15N3O4. The molecule has 114 valence electrons. The van der Waals surface area contributed by atoms with Crippen molar-refractivity contribution in [2.24, 2.45) is 16.0 Å². The molecule has 0 unspecified atom stereocenters. The largest absolute Gasteiger partial charge is 0.508 e. The van der Waals surface area contributed by atoms with Crippen LogP contribution < -0.4 is 5.73 Å². The fourth-order valence-corrected chi connectivity index (χ4v) is 1.67. The second-order valence-corrected chi connectivity index (χ2v) is 4.31. The third kappa shape index (κ3) is 3.80.